The number of hydrogen-bond acceptors (Lipinski definition) is 4. The quantitative estimate of drug-likeness (QED) is 0.666. The Balaban J connectivity index is 2.59. The van der Waals surface area contributed by atoms with Crippen LogP contribution in [-0.2, 0) is 14.3 Å². The summed E-state index contributed by atoms with van der Waals surface area (Å²) in [5.74, 6) is -0.208. The van der Waals surface area contributed by atoms with E-state index in [2.05, 4.69) is 15.4 Å². The van der Waals surface area contributed by atoms with E-state index in [1.165, 1.54) is 14.2 Å². The van der Waals surface area contributed by atoms with Crippen molar-refractivity contribution in [3.05, 3.63) is 0 Å². The van der Waals surface area contributed by atoms with Gasteiger partial charge in [-0.15, -0.1) is 0 Å². The molecular formula is C9H16N2O4. The molecule has 0 aliphatic carbocycles. The molecule has 0 bridgehead atoms. The topological polar surface area (TPSA) is 76.7 Å². The molecule has 2 atom stereocenters. The molecule has 0 aromatic carbocycles. The van der Waals surface area contributed by atoms with Gasteiger partial charge in [0.05, 0.1) is 13.7 Å². The number of rotatable bonds is 3. The molecule has 2 unspecified atom stereocenters. The van der Waals surface area contributed by atoms with E-state index >= 15 is 0 Å². The number of nitrogens with one attached hydrogen (secondary N) is 2. The van der Waals surface area contributed by atoms with Crippen LogP contribution in [0, 0.1) is 5.92 Å². The summed E-state index contributed by atoms with van der Waals surface area (Å²) in [7, 11) is 2.80. The van der Waals surface area contributed by atoms with Crippen LogP contribution in [0.5, 0.6) is 0 Å². The summed E-state index contributed by atoms with van der Waals surface area (Å²) in [4.78, 5) is 22.6. The van der Waals surface area contributed by atoms with Crippen molar-refractivity contribution in [3.8, 4) is 0 Å². The number of carbonyl (C=O) groups is 2. The average Bonchev–Trinajstić information content (AvgIpc) is 2.77. The Morgan fingerprint density at radius 1 is 1.53 bits per heavy atom. The standard InChI is InChI=1S/C9H16N2O4/c1-10-8(12)7(11-9(13)14-2)6-3-4-15-5-6/h6-7H,3-5H2,1-2H3,(H,10,12)(H,11,13). The van der Waals surface area contributed by atoms with E-state index in [-0.39, 0.29) is 11.8 Å². The molecule has 1 aliphatic heterocycles. The van der Waals surface area contributed by atoms with Crippen LogP contribution in [0.1, 0.15) is 6.42 Å². The molecule has 15 heavy (non-hydrogen) atoms. The molecule has 1 aliphatic rings. The Labute approximate surface area is 88.3 Å². The van der Waals surface area contributed by atoms with Crippen LogP contribution < -0.4 is 10.6 Å². The Kier molecular flexibility index (Phi) is 4.36. The molecule has 1 heterocycles. The molecule has 0 aromatic heterocycles. The third-order valence-corrected chi connectivity index (χ3v) is 2.42. The lowest BCUT2D eigenvalue weighted by Gasteiger charge is -2.21. The van der Waals surface area contributed by atoms with Crippen LogP contribution in [0.25, 0.3) is 0 Å². The van der Waals surface area contributed by atoms with Gasteiger partial charge in [-0.1, -0.05) is 0 Å². The summed E-state index contributed by atoms with van der Waals surface area (Å²) in [6.07, 6.45) is 0.165. The molecule has 0 spiro atoms. The largest absolute Gasteiger partial charge is 0.453 e. The Morgan fingerprint density at radius 2 is 2.27 bits per heavy atom. The van der Waals surface area contributed by atoms with Gasteiger partial charge < -0.3 is 20.1 Å². The summed E-state index contributed by atoms with van der Waals surface area (Å²) in [5, 5.41) is 5.01. The van der Waals surface area contributed by atoms with E-state index < -0.39 is 12.1 Å². The molecule has 6 heteroatoms. The van der Waals surface area contributed by atoms with Gasteiger partial charge in [0.15, 0.2) is 0 Å². The van der Waals surface area contributed by atoms with Crippen LogP contribution in [-0.4, -0.2) is 45.4 Å². The molecule has 6 nitrogen and oxygen atoms in total. The summed E-state index contributed by atoms with van der Waals surface area (Å²) in [6.45, 7) is 1.11. The monoisotopic (exact) mass is 216 g/mol. The number of carbonyl (C=O) groups excluding carboxylic acids is 2. The minimum atomic E-state index is -0.601. The first-order valence-electron chi connectivity index (χ1n) is 4.83. The summed E-state index contributed by atoms with van der Waals surface area (Å²) in [5.41, 5.74) is 0. The van der Waals surface area contributed by atoms with Crippen molar-refractivity contribution in [1.29, 1.82) is 0 Å². The van der Waals surface area contributed by atoms with E-state index in [0.29, 0.717) is 13.2 Å². The number of ether oxygens (including phenoxy) is 2. The molecule has 1 saturated heterocycles. The lowest BCUT2D eigenvalue weighted by atomic mass is 9.98. The fourth-order valence-corrected chi connectivity index (χ4v) is 1.55. The van der Waals surface area contributed by atoms with E-state index in [0.717, 1.165) is 6.42 Å². The lowest BCUT2D eigenvalue weighted by molar-refractivity contribution is -0.123. The first kappa shape index (κ1) is 11.8. The second-order valence-corrected chi connectivity index (χ2v) is 3.35. The zero-order chi connectivity index (χ0) is 11.3. The minimum Gasteiger partial charge on any atom is -0.453 e. The van der Waals surface area contributed by atoms with Crippen molar-refractivity contribution in [1.82, 2.24) is 10.6 Å². The number of methoxy groups -OCH3 is 1. The molecule has 0 saturated carbocycles. The van der Waals surface area contributed by atoms with Crippen molar-refractivity contribution in [2.45, 2.75) is 12.5 Å². The smallest absolute Gasteiger partial charge is 0.407 e. The van der Waals surface area contributed by atoms with E-state index in [1.807, 2.05) is 0 Å². The fraction of sp³-hybridized carbons (Fsp3) is 0.778. The highest BCUT2D eigenvalue weighted by atomic mass is 16.5. The van der Waals surface area contributed by atoms with Crippen molar-refractivity contribution in [3.63, 3.8) is 0 Å². The lowest BCUT2D eigenvalue weighted by Crippen LogP contribution is -2.50. The molecule has 1 rings (SSSR count). The first-order chi connectivity index (χ1) is 7.19. The number of likely N-dealkylation sites (N-methyl/N-ethyl adjacent to an activating group) is 1. The van der Waals surface area contributed by atoms with Gasteiger partial charge in [0.25, 0.3) is 0 Å². The predicted molar refractivity (Wildman–Crippen MR) is 52.3 cm³/mol. The molecule has 2 N–H and O–H groups in total. The molecule has 0 aromatic rings. The van der Waals surface area contributed by atoms with Crippen LogP contribution >= 0.6 is 0 Å². The van der Waals surface area contributed by atoms with Crippen molar-refractivity contribution in [2.24, 2.45) is 5.92 Å². The molecular weight excluding hydrogens is 200 g/mol. The van der Waals surface area contributed by atoms with E-state index in [9.17, 15) is 9.59 Å². The SMILES string of the molecule is CNC(=O)C(NC(=O)OC)C1CCOC1. The van der Waals surface area contributed by atoms with Gasteiger partial charge in [-0.25, -0.2) is 4.79 Å². The van der Waals surface area contributed by atoms with Gasteiger partial charge >= 0.3 is 6.09 Å². The van der Waals surface area contributed by atoms with Gasteiger partial charge in [0, 0.05) is 19.6 Å². The third-order valence-electron chi connectivity index (χ3n) is 2.42. The normalized spacial score (nSPS) is 21.9. The molecule has 0 radical (unpaired) electrons. The van der Waals surface area contributed by atoms with E-state index in [1.54, 1.807) is 0 Å². The van der Waals surface area contributed by atoms with Crippen LogP contribution in [0.15, 0.2) is 0 Å². The van der Waals surface area contributed by atoms with Crippen molar-refractivity contribution in [2.75, 3.05) is 27.4 Å². The second kappa shape index (κ2) is 5.55. The maximum Gasteiger partial charge on any atom is 0.407 e. The van der Waals surface area contributed by atoms with Crippen LogP contribution in [0.2, 0.25) is 0 Å². The van der Waals surface area contributed by atoms with Crippen LogP contribution in [0.3, 0.4) is 0 Å². The van der Waals surface area contributed by atoms with Gasteiger partial charge in [-0.05, 0) is 6.42 Å². The highest BCUT2D eigenvalue weighted by Gasteiger charge is 2.32. The first-order valence-corrected chi connectivity index (χ1v) is 4.83. The number of alkyl carbamates (subject to hydrolysis) is 1. The Bertz CT molecular complexity index is 238. The molecule has 2 amide bonds. The zero-order valence-electron chi connectivity index (χ0n) is 8.91. The van der Waals surface area contributed by atoms with Gasteiger partial charge in [-0.2, -0.15) is 0 Å². The second-order valence-electron chi connectivity index (χ2n) is 3.35. The predicted octanol–water partition coefficient (Wildman–Crippen LogP) is -0.506. The highest BCUT2D eigenvalue weighted by Crippen LogP contribution is 2.17. The summed E-state index contributed by atoms with van der Waals surface area (Å²) < 4.78 is 9.64. The zero-order valence-corrected chi connectivity index (χ0v) is 8.91. The molecule has 86 valence electrons. The maximum atomic E-state index is 11.5. The maximum absolute atomic E-state index is 11.5. The summed E-state index contributed by atoms with van der Waals surface area (Å²) >= 11 is 0. The van der Waals surface area contributed by atoms with Gasteiger partial charge in [-0.3, -0.25) is 4.79 Å². The fourth-order valence-electron chi connectivity index (χ4n) is 1.55. The Morgan fingerprint density at radius 3 is 2.73 bits per heavy atom. The van der Waals surface area contributed by atoms with Crippen molar-refractivity contribution >= 4 is 12.0 Å². The number of amides is 2. The highest BCUT2D eigenvalue weighted by molar-refractivity contribution is 5.85. The third kappa shape index (κ3) is 3.09. The van der Waals surface area contributed by atoms with Gasteiger partial charge in [0.1, 0.15) is 6.04 Å². The van der Waals surface area contributed by atoms with E-state index in [4.69, 9.17) is 4.74 Å². The molecule has 1 fully saturated rings. The van der Waals surface area contributed by atoms with Gasteiger partial charge in [0.2, 0.25) is 5.91 Å². The minimum absolute atomic E-state index is 0.0176. The van der Waals surface area contributed by atoms with Crippen molar-refractivity contribution < 1.29 is 19.1 Å². The average molecular weight is 216 g/mol. The Hall–Kier alpha value is -1.30. The summed E-state index contributed by atoms with van der Waals surface area (Å²) in [6, 6.07) is -0.579. The number of hydrogen-bond donors (Lipinski definition) is 2. The van der Waals surface area contributed by atoms with Crippen LogP contribution in [0.4, 0.5) is 4.79 Å².